The summed E-state index contributed by atoms with van der Waals surface area (Å²) in [5.41, 5.74) is 2.64. The third kappa shape index (κ3) is 3.21. The van der Waals surface area contributed by atoms with Crippen LogP contribution >= 0.6 is 0 Å². The third-order valence-electron chi connectivity index (χ3n) is 3.86. The van der Waals surface area contributed by atoms with E-state index in [1.54, 1.807) is 18.2 Å². The Bertz CT molecular complexity index is 929. The summed E-state index contributed by atoms with van der Waals surface area (Å²) in [4.78, 5) is 6.31. The Morgan fingerprint density at radius 3 is 2.46 bits per heavy atom. The molecule has 0 fully saturated rings. The molecular weight excluding hydrogens is 326 g/mol. The molecule has 24 heavy (non-hydrogen) atoms. The molecule has 0 aliphatic heterocycles. The van der Waals surface area contributed by atoms with Crippen LogP contribution in [0, 0.1) is 0 Å². The van der Waals surface area contributed by atoms with E-state index in [2.05, 4.69) is 28.5 Å². The SMILES string of the molecule is CCN(CC)c1ccc(NS(=O)(=O)c2ccc3ncoc3c2)cc1. The predicted molar refractivity (Wildman–Crippen MR) is 94.8 cm³/mol. The second-order valence-corrected chi connectivity index (χ2v) is 6.99. The first-order chi connectivity index (χ1) is 11.5. The molecular formula is C17H19N3O3S. The summed E-state index contributed by atoms with van der Waals surface area (Å²) in [6.07, 6.45) is 1.29. The van der Waals surface area contributed by atoms with Crippen molar-refractivity contribution in [2.24, 2.45) is 0 Å². The number of nitrogens with one attached hydrogen (secondary N) is 1. The normalized spacial score (nSPS) is 11.6. The van der Waals surface area contributed by atoms with Crippen molar-refractivity contribution in [2.45, 2.75) is 18.7 Å². The monoisotopic (exact) mass is 345 g/mol. The lowest BCUT2D eigenvalue weighted by Gasteiger charge is -2.21. The van der Waals surface area contributed by atoms with E-state index in [0.29, 0.717) is 16.8 Å². The lowest BCUT2D eigenvalue weighted by molar-refractivity contribution is 0.594. The lowest BCUT2D eigenvalue weighted by atomic mass is 10.2. The van der Waals surface area contributed by atoms with E-state index < -0.39 is 10.0 Å². The van der Waals surface area contributed by atoms with Gasteiger partial charge in [-0.3, -0.25) is 4.72 Å². The van der Waals surface area contributed by atoms with E-state index in [-0.39, 0.29) is 4.90 Å². The summed E-state index contributed by atoms with van der Waals surface area (Å²) in [6, 6.07) is 11.9. The van der Waals surface area contributed by atoms with Gasteiger partial charge in [-0.25, -0.2) is 13.4 Å². The molecule has 2 aromatic carbocycles. The van der Waals surface area contributed by atoms with Gasteiger partial charge in [0.05, 0.1) is 4.90 Å². The molecule has 126 valence electrons. The molecule has 0 saturated heterocycles. The third-order valence-corrected chi connectivity index (χ3v) is 5.24. The van der Waals surface area contributed by atoms with Gasteiger partial charge in [-0.1, -0.05) is 0 Å². The number of rotatable bonds is 6. The molecule has 3 aromatic rings. The van der Waals surface area contributed by atoms with E-state index in [0.717, 1.165) is 18.8 Å². The average molecular weight is 345 g/mol. The van der Waals surface area contributed by atoms with Crippen LogP contribution in [0.3, 0.4) is 0 Å². The zero-order valence-electron chi connectivity index (χ0n) is 13.6. The predicted octanol–water partition coefficient (Wildman–Crippen LogP) is 3.47. The summed E-state index contributed by atoms with van der Waals surface area (Å²) < 4.78 is 32.8. The van der Waals surface area contributed by atoms with Crippen LogP contribution in [0.25, 0.3) is 11.1 Å². The Kier molecular flexibility index (Phi) is 4.44. The van der Waals surface area contributed by atoms with Gasteiger partial charge in [0.25, 0.3) is 10.0 Å². The molecule has 0 radical (unpaired) electrons. The Morgan fingerprint density at radius 2 is 1.79 bits per heavy atom. The molecule has 0 amide bonds. The number of oxazole rings is 1. The Labute approximate surface area is 141 Å². The van der Waals surface area contributed by atoms with E-state index in [1.807, 2.05) is 12.1 Å². The minimum Gasteiger partial charge on any atom is -0.443 e. The van der Waals surface area contributed by atoms with E-state index in [1.165, 1.54) is 18.5 Å². The highest BCUT2D eigenvalue weighted by molar-refractivity contribution is 7.92. The molecule has 6 nitrogen and oxygen atoms in total. The maximum Gasteiger partial charge on any atom is 0.262 e. The van der Waals surface area contributed by atoms with Crippen molar-refractivity contribution in [3.63, 3.8) is 0 Å². The highest BCUT2D eigenvalue weighted by Crippen LogP contribution is 2.22. The van der Waals surface area contributed by atoms with Crippen LogP contribution in [0.5, 0.6) is 0 Å². The van der Waals surface area contributed by atoms with Gasteiger partial charge in [-0.05, 0) is 50.2 Å². The van der Waals surface area contributed by atoms with Crippen molar-refractivity contribution in [1.82, 2.24) is 4.98 Å². The van der Waals surface area contributed by atoms with Crippen LogP contribution in [0.1, 0.15) is 13.8 Å². The van der Waals surface area contributed by atoms with Gasteiger partial charge in [0.2, 0.25) is 0 Å². The largest absolute Gasteiger partial charge is 0.443 e. The van der Waals surface area contributed by atoms with E-state index >= 15 is 0 Å². The standard InChI is InChI=1S/C17H19N3O3S/c1-3-20(4-2)14-7-5-13(6-8-14)19-24(21,22)15-9-10-16-17(11-15)23-12-18-16/h5-12,19H,3-4H2,1-2H3. The molecule has 0 atom stereocenters. The summed E-state index contributed by atoms with van der Waals surface area (Å²) in [5, 5.41) is 0. The molecule has 1 aromatic heterocycles. The van der Waals surface area contributed by atoms with Crippen molar-refractivity contribution in [3.05, 3.63) is 48.9 Å². The van der Waals surface area contributed by atoms with E-state index in [4.69, 9.17) is 4.42 Å². The fourth-order valence-electron chi connectivity index (χ4n) is 2.55. The molecule has 1 heterocycles. The molecule has 0 aliphatic carbocycles. The van der Waals surface area contributed by atoms with Crippen LogP contribution < -0.4 is 9.62 Å². The number of hydrogen-bond acceptors (Lipinski definition) is 5. The Morgan fingerprint density at radius 1 is 1.08 bits per heavy atom. The van der Waals surface area contributed by atoms with Gasteiger partial charge >= 0.3 is 0 Å². The summed E-state index contributed by atoms with van der Waals surface area (Å²) in [5.74, 6) is 0. The minimum atomic E-state index is -3.68. The van der Waals surface area contributed by atoms with E-state index in [9.17, 15) is 8.42 Å². The Balaban J connectivity index is 1.83. The van der Waals surface area contributed by atoms with Crippen LogP contribution in [-0.2, 0) is 10.0 Å². The highest BCUT2D eigenvalue weighted by Gasteiger charge is 2.16. The molecule has 0 unspecified atom stereocenters. The van der Waals surface area contributed by atoms with Gasteiger partial charge in [0.15, 0.2) is 12.0 Å². The summed E-state index contributed by atoms with van der Waals surface area (Å²) in [7, 11) is -3.68. The van der Waals surface area contributed by atoms with Crippen molar-refractivity contribution < 1.29 is 12.8 Å². The zero-order chi connectivity index (χ0) is 17.2. The topological polar surface area (TPSA) is 75.4 Å². The van der Waals surface area contributed by atoms with Crippen LogP contribution in [0.4, 0.5) is 11.4 Å². The summed E-state index contributed by atoms with van der Waals surface area (Å²) >= 11 is 0. The van der Waals surface area contributed by atoms with Gasteiger partial charge in [0.1, 0.15) is 5.52 Å². The van der Waals surface area contributed by atoms with Gasteiger partial charge < -0.3 is 9.32 Å². The first-order valence-electron chi connectivity index (χ1n) is 7.74. The second kappa shape index (κ2) is 6.52. The van der Waals surface area contributed by atoms with Crippen LogP contribution in [0.15, 0.2) is 58.2 Å². The summed E-state index contributed by atoms with van der Waals surface area (Å²) in [6.45, 7) is 5.97. The first-order valence-corrected chi connectivity index (χ1v) is 9.23. The minimum absolute atomic E-state index is 0.138. The van der Waals surface area contributed by atoms with Crippen molar-refractivity contribution in [2.75, 3.05) is 22.7 Å². The van der Waals surface area contributed by atoms with Crippen molar-refractivity contribution in [3.8, 4) is 0 Å². The molecule has 0 spiro atoms. The molecule has 1 N–H and O–H groups in total. The number of sulfonamides is 1. The molecule has 0 bridgehead atoms. The number of fused-ring (bicyclic) bond motifs is 1. The number of aromatic nitrogens is 1. The smallest absolute Gasteiger partial charge is 0.262 e. The van der Waals surface area contributed by atoms with Crippen molar-refractivity contribution >= 4 is 32.5 Å². The highest BCUT2D eigenvalue weighted by atomic mass is 32.2. The zero-order valence-corrected chi connectivity index (χ0v) is 14.4. The number of hydrogen-bond donors (Lipinski definition) is 1. The Hall–Kier alpha value is -2.54. The molecule has 7 heteroatoms. The van der Waals surface area contributed by atoms with Crippen molar-refractivity contribution in [1.29, 1.82) is 0 Å². The lowest BCUT2D eigenvalue weighted by Crippen LogP contribution is -2.21. The number of benzene rings is 2. The first kappa shape index (κ1) is 16.3. The second-order valence-electron chi connectivity index (χ2n) is 5.31. The fourth-order valence-corrected chi connectivity index (χ4v) is 3.62. The number of nitrogens with zero attached hydrogens (tertiary/aromatic N) is 2. The maximum atomic E-state index is 12.5. The van der Waals surface area contributed by atoms with Crippen LogP contribution in [0.2, 0.25) is 0 Å². The maximum absolute atomic E-state index is 12.5. The molecule has 3 rings (SSSR count). The van der Waals surface area contributed by atoms with Gasteiger partial charge in [-0.2, -0.15) is 0 Å². The van der Waals surface area contributed by atoms with Crippen LogP contribution in [-0.4, -0.2) is 26.5 Å². The molecule has 0 aliphatic rings. The fraction of sp³-hybridized carbons (Fsp3) is 0.235. The van der Waals surface area contributed by atoms with Gasteiger partial charge in [0, 0.05) is 30.5 Å². The average Bonchev–Trinajstić information content (AvgIpc) is 3.05. The number of anilines is 2. The quantitative estimate of drug-likeness (QED) is 0.740. The van der Waals surface area contributed by atoms with Gasteiger partial charge in [-0.15, -0.1) is 0 Å². The molecule has 0 saturated carbocycles.